The van der Waals surface area contributed by atoms with E-state index in [0.29, 0.717) is 0 Å². The van der Waals surface area contributed by atoms with Crippen molar-refractivity contribution in [2.45, 2.75) is 13.1 Å². The second-order valence-electron chi connectivity index (χ2n) is 5.89. The van der Waals surface area contributed by atoms with Crippen molar-refractivity contribution in [3.63, 3.8) is 0 Å². The monoisotopic (exact) mass is 524 g/mol. The van der Waals surface area contributed by atoms with Crippen molar-refractivity contribution in [2.75, 3.05) is 7.05 Å². The average Bonchev–Trinajstić information content (AvgIpc) is 3.22. The van der Waals surface area contributed by atoms with E-state index in [-0.39, 0.29) is 27.2 Å². The quantitative estimate of drug-likeness (QED) is 0.373. The number of nitrogens with zero attached hydrogens (tertiary/aromatic N) is 4. The van der Waals surface area contributed by atoms with Crippen LogP contribution >= 0.6 is 0 Å². The van der Waals surface area contributed by atoms with E-state index >= 15 is 0 Å². The van der Waals surface area contributed by atoms with Crippen LogP contribution in [0.1, 0.15) is 18.7 Å². The van der Waals surface area contributed by atoms with Gasteiger partial charge < -0.3 is 4.57 Å². The van der Waals surface area contributed by atoms with Crippen molar-refractivity contribution in [2.24, 2.45) is 12.0 Å². The van der Waals surface area contributed by atoms with Gasteiger partial charge in [-0.3, -0.25) is 4.98 Å². The summed E-state index contributed by atoms with van der Waals surface area (Å²) in [5.41, 5.74) is 3.23. The number of benzene rings is 2. The number of hydrogen-bond acceptors (Lipinski definition) is 2. The van der Waals surface area contributed by atoms with Gasteiger partial charge in [-0.15, -0.1) is 35.9 Å². The Morgan fingerprint density at radius 1 is 1.08 bits per heavy atom. The third-order valence-electron chi connectivity index (χ3n) is 3.88. The van der Waals surface area contributed by atoms with Crippen LogP contribution in [0, 0.1) is 12.1 Å². The molecule has 0 saturated carbocycles. The van der Waals surface area contributed by atoms with E-state index in [1.165, 1.54) is 0 Å². The van der Waals surface area contributed by atoms with E-state index in [1.54, 1.807) is 6.20 Å². The predicted molar refractivity (Wildman–Crippen MR) is 101 cm³/mol. The van der Waals surface area contributed by atoms with E-state index in [1.807, 2.05) is 80.5 Å². The molecule has 4 rings (SSSR count). The smallest absolute Gasteiger partial charge is 0.373 e. The number of aryl methyl sites for hydroxylation is 1. The van der Waals surface area contributed by atoms with Crippen LogP contribution in [0.4, 0.5) is 0 Å². The molecule has 3 aromatic rings. The molecule has 0 aliphatic carbocycles. The normalized spacial score (nSPS) is 15.3. The molecule has 0 bridgehead atoms. The standard InChI is InChI=1S/C11H12N2.C10H9N2.Pt/c1-9-8-13(2)11(12-9)10-6-4-3-5-7-10;1-12-8-7-11-10(12)9-5-3-2-4-6-9;/h3-6,8,11H,1-2H3;2-5,7-8H,1H3;/q;-1;+2. The molecule has 0 spiro atoms. The topological polar surface area (TPSA) is 33.2 Å². The van der Waals surface area contributed by atoms with Crippen LogP contribution in [0.3, 0.4) is 0 Å². The maximum absolute atomic E-state index is 4.50. The maximum atomic E-state index is 4.50. The Balaban J connectivity index is 0.000000180. The van der Waals surface area contributed by atoms with Gasteiger partial charge in [0.2, 0.25) is 6.17 Å². The molecular weight excluding hydrogens is 503 g/mol. The molecule has 1 aliphatic rings. The molecule has 2 aromatic carbocycles. The molecule has 0 radical (unpaired) electrons. The molecule has 1 aromatic heterocycles. The van der Waals surface area contributed by atoms with Crippen LogP contribution in [0.25, 0.3) is 11.4 Å². The minimum absolute atomic E-state index is 0. The Kier molecular flexibility index (Phi) is 7.23. The van der Waals surface area contributed by atoms with Crippen LogP contribution < -0.4 is 0 Å². The molecule has 1 atom stereocenters. The van der Waals surface area contributed by atoms with Gasteiger partial charge in [0.1, 0.15) is 12.8 Å². The zero-order valence-corrected chi connectivity index (χ0v) is 17.3. The third-order valence-corrected chi connectivity index (χ3v) is 3.88. The van der Waals surface area contributed by atoms with E-state index in [9.17, 15) is 0 Å². The SMILES string of the molecule is CC1=NC(c2[c-]cccc2)[N+](C)=C1.Cn1ccnc1-c1[c-]cccc1.[Pt+2]. The summed E-state index contributed by atoms with van der Waals surface area (Å²) in [7, 11) is 4.01. The summed E-state index contributed by atoms with van der Waals surface area (Å²) in [4.78, 5) is 8.71. The van der Waals surface area contributed by atoms with Gasteiger partial charge in [-0.05, 0) is 6.92 Å². The van der Waals surface area contributed by atoms with E-state index in [4.69, 9.17) is 0 Å². The molecule has 0 amide bonds. The summed E-state index contributed by atoms with van der Waals surface area (Å²) in [6.45, 7) is 2.01. The van der Waals surface area contributed by atoms with Gasteiger partial charge in [0.25, 0.3) is 0 Å². The van der Waals surface area contributed by atoms with Gasteiger partial charge in [-0.2, -0.15) is 30.3 Å². The number of rotatable bonds is 2. The number of aliphatic imine (C=N–C) groups is 1. The summed E-state index contributed by atoms with van der Waals surface area (Å²) in [6, 6.07) is 22.1. The average molecular weight is 525 g/mol. The van der Waals surface area contributed by atoms with Crippen LogP contribution in [0.15, 0.2) is 65.9 Å². The molecule has 134 valence electrons. The van der Waals surface area contributed by atoms with Crippen molar-refractivity contribution < 1.29 is 25.6 Å². The molecule has 0 N–H and O–H groups in total. The zero-order chi connectivity index (χ0) is 17.6. The zero-order valence-electron chi connectivity index (χ0n) is 15.0. The van der Waals surface area contributed by atoms with Crippen LogP contribution in [0.2, 0.25) is 0 Å². The fourth-order valence-corrected chi connectivity index (χ4v) is 2.70. The maximum Gasteiger partial charge on any atom is 2.00 e. The van der Waals surface area contributed by atoms with E-state index in [2.05, 4.69) is 32.8 Å². The Morgan fingerprint density at radius 2 is 1.81 bits per heavy atom. The minimum Gasteiger partial charge on any atom is -0.373 e. The summed E-state index contributed by atoms with van der Waals surface area (Å²) >= 11 is 0. The number of hydrogen-bond donors (Lipinski definition) is 0. The van der Waals surface area contributed by atoms with Crippen LogP contribution in [-0.4, -0.2) is 33.1 Å². The number of imidazole rings is 1. The Hall–Kier alpha value is -2.32. The summed E-state index contributed by atoms with van der Waals surface area (Å²) < 4.78 is 4.08. The summed E-state index contributed by atoms with van der Waals surface area (Å²) in [5.74, 6) is 0.954. The molecule has 2 heterocycles. The molecule has 26 heavy (non-hydrogen) atoms. The number of aromatic nitrogens is 2. The van der Waals surface area contributed by atoms with Crippen molar-refractivity contribution in [1.29, 1.82) is 0 Å². The predicted octanol–water partition coefficient (Wildman–Crippen LogP) is 3.56. The van der Waals surface area contributed by atoms with Crippen molar-refractivity contribution in [3.05, 3.63) is 78.6 Å². The van der Waals surface area contributed by atoms with E-state index < -0.39 is 0 Å². The van der Waals surface area contributed by atoms with Crippen LogP contribution in [-0.2, 0) is 28.1 Å². The van der Waals surface area contributed by atoms with E-state index in [0.717, 1.165) is 22.7 Å². The molecule has 4 nitrogen and oxygen atoms in total. The first kappa shape index (κ1) is 20.0. The van der Waals surface area contributed by atoms with Gasteiger partial charge in [-0.25, -0.2) is 9.57 Å². The third kappa shape index (κ3) is 4.86. The second-order valence-corrected chi connectivity index (χ2v) is 5.89. The van der Waals surface area contributed by atoms with Gasteiger partial charge in [0.05, 0.1) is 5.82 Å². The van der Waals surface area contributed by atoms with Gasteiger partial charge in [0.15, 0.2) is 6.21 Å². The summed E-state index contributed by atoms with van der Waals surface area (Å²) in [6.07, 6.45) is 5.89. The molecule has 1 aliphatic heterocycles. The van der Waals surface area contributed by atoms with Crippen molar-refractivity contribution in [1.82, 2.24) is 9.55 Å². The van der Waals surface area contributed by atoms with Crippen molar-refractivity contribution in [3.8, 4) is 11.4 Å². The Morgan fingerprint density at radius 3 is 2.31 bits per heavy atom. The van der Waals surface area contributed by atoms with Gasteiger partial charge in [0, 0.05) is 19.4 Å². The first-order chi connectivity index (χ1) is 12.1. The Labute approximate surface area is 169 Å². The van der Waals surface area contributed by atoms with Crippen LogP contribution in [0.5, 0.6) is 0 Å². The Bertz CT molecular complexity index is 883. The fourth-order valence-electron chi connectivity index (χ4n) is 2.70. The second kappa shape index (κ2) is 9.40. The molecule has 0 fully saturated rings. The van der Waals surface area contributed by atoms with Gasteiger partial charge in [-0.1, -0.05) is 5.56 Å². The largest absolute Gasteiger partial charge is 2.00 e. The van der Waals surface area contributed by atoms with Gasteiger partial charge >= 0.3 is 21.1 Å². The molecule has 1 unspecified atom stereocenters. The first-order valence-corrected chi connectivity index (χ1v) is 8.17. The minimum atomic E-state index is 0. The molecular formula is C21H21N4Pt+. The fraction of sp³-hybridized carbons (Fsp3) is 0.190. The summed E-state index contributed by atoms with van der Waals surface area (Å²) in [5, 5.41) is 0. The molecule has 5 heteroatoms. The molecule has 0 saturated heterocycles. The first-order valence-electron chi connectivity index (χ1n) is 8.17. The van der Waals surface area contributed by atoms with Crippen molar-refractivity contribution >= 4 is 11.9 Å².